The highest BCUT2D eigenvalue weighted by Gasteiger charge is 2.14. The zero-order chi connectivity index (χ0) is 10.8. The Hall–Kier alpha value is -2.18. The summed E-state index contributed by atoms with van der Waals surface area (Å²) in [5.41, 5.74) is 0.324. The third-order valence-corrected chi connectivity index (χ3v) is 1.89. The van der Waals surface area contributed by atoms with Gasteiger partial charge in [-0.1, -0.05) is 5.16 Å². The van der Waals surface area contributed by atoms with E-state index in [1.807, 2.05) is 0 Å². The molecular formula is C8H8N4O3. The Morgan fingerprint density at radius 1 is 1.60 bits per heavy atom. The molecule has 78 valence electrons. The number of aromatic nitrogens is 3. The smallest absolute Gasteiger partial charge is 0.325 e. The third-order valence-electron chi connectivity index (χ3n) is 1.89. The van der Waals surface area contributed by atoms with Crippen LogP contribution in [-0.4, -0.2) is 32.2 Å². The average Bonchev–Trinajstić information content (AvgIpc) is 2.66. The first kappa shape index (κ1) is 9.38. The number of fused-ring (bicyclic) bond motifs is 1. The van der Waals surface area contributed by atoms with E-state index >= 15 is 0 Å². The first-order valence-electron chi connectivity index (χ1n) is 4.23. The van der Waals surface area contributed by atoms with E-state index in [1.54, 1.807) is 0 Å². The lowest BCUT2D eigenvalue weighted by Crippen LogP contribution is -2.25. The van der Waals surface area contributed by atoms with Crippen LogP contribution in [0.15, 0.2) is 17.0 Å². The maximum absolute atomic E-state index is 10.6. The molecule has 0 aliphatic carbocycles. The van der Waals surface area contributed by atoms with Gasteiger partial charge in [-0.15, -0.1) is 0 Å². The normalized spacial score (nSPS) is 12.6. The van der Waals surface area contributed by atoms with Crippen LogP contribution in [0.1, 0.15) is 6.92 Å². The monoisotopic (exact) mass is 208 g/mol. The molecule has 0 aliphatic heterocycles. The largest absolute Gasteiger partial charge is 0.480 e. The second-order valence-electron chi connectivity index (χ2n) is 2.97. The topological polar surface area (TPSA) is 101 Å². The predicted octanol–water partition coefficient (Wildman–Crippen LogP) is 0.503. The van der Waals surface area contributed by atoms with Crippen LogP contribution in [-0.2, 0) is 4.79 Å². The lowest BCUT2D eigenvalue weighted by Gasteiger charge is -2.09. The van der Waals surface area contributed by atoms with Crippen molar-refractivity contribution in [2.45, 2.75) is 13.0 Å². The minimum atomic E-state index is -0.960. The number of rotatable bonds is 3. The summed E-state index contributed by atoms with van der Waals surface area (Å²) in [6.07, 6.45) is 2.72. The Kier molecular flexibility index (Phi) is 2.20. The Bertz CT molecular complexity index is 495. The van der Waals surface area contributed by atoms with Crippen molar-refractivity contribution in [1.29, 1.82) is 0 Å². The summed E-state index contributed by atoms with van der Waals surface area (Å²) < 4.78 is 4.81. The number of carboxylic acid groups (broad SMARTS) is 1. The van der Waals surface area contributed by atoms with Gasteiger partial charge in [0.05, 0.1) is 6.20 Å². The fourth-order valence-electron chi connectivity index (χ4n) is 1.08. The average molecular weight is 208 g/mol. The van der Waals surface area contributed by atoms with Gasteiger partial charge in [0.1, 0.15) is 23.6 Å². The SMILES string of the molecule is CC(Nc1ncnc2oncc12)C(=O)O. The second kappa shape index (κ2) is 3.52. The summed E-state index contributed by atoms with van der Waals surface area (Å²) in [6, 6.07) is -0.738. The molecule has 0 radical (unpaired) electrons. The molecule has 15 heavy (non-hydrogen) atoms. The van der Waals surface area contributed by atoms with E-state index in [9.17, 15) is 4.79 Å². The van der Waals surface area contributed by atoms with E-state index in [0.29, 0.717) is 16.9 Å². The first-order valence-corrected chi connectivity index (χ1v) is 4.23. The fraction of sp³-hybridized carbons (Fsp3) is 0.250. The number of nitrogens with one attached hydrogen (secondary N) is 1. The molecule has 7 heteroatoms. The zero-order valence-corrected chi connectivity index (χ0v) is 7.84. The second-order valence-corrected chi connectivity index (χ2v) is 2.97. The van der Waals surface area contributed by atoms with E-state index in [1.165, 1.54) is 19.4 Å². The van der Waals surface area contributed by atoms with Gasteiger partial charge in [0.15, 0.2) is 0 Å². The predicted molar refractivity (Wildman–Crippen MR) is 50.3 cm³/mol. The summed E-state index contributed by atoms with van der Waals surface area (Å²) in [7, 11) is 0. The number of nitrogens with zero attached hydrogens (tertiary/aromatic N) is 3. The van der Waals surface area contributed by atoms with Crippen molar-refractivity contribution in [1.82, 2.24) is 15.1 Å². The molecule has 0 bridgehead atoms. The van der Waals surface area contributed by atoms with Crippen molar-refractivity contribution in [3.63, 3.8) is 0 Å². The summed E-state index contributed by atoms with van der Waals surface area (Å²) in [5, 5.41) is 15.6. The van der Waals surface area contributed by atoms with Gasteiger partial charge in [-0.3, -0.25) is 4.79 Å². The number of aliphatic carboxylic acids is 1. The van der Waals surface area contributed by atoms with Crippen LogP contribution >= 0.6 is 0 Å². The Morgan fingerprint density at radius 2 is 2.40 bits per heavy atom. The van der Waals surface area contributed by atoms with E-state index in [4.69, 9.17) is 9.63 Å². The molecule has 0 amide bonds. The van der Waals surface area contributed by atoms with Gasteiger partial charge in [0.25, 0.3) is 5.71 Å². The molecule has 0 saturated carbocycles. The Labute approximate surface area is 84.1 Å². The standard InChI is InChI=1S/C8H8N4O3/c1-4(8(13)14)12-6-5-2-11-15-7(5)10-3-9-6/h2-4H,1H3,(H,13,14)(H,9,10,12). The molecule has 0 aromatic carbocycles. The molecule has 2 aromatic rings. The van der Waals surface area contributed by atoms with E-state index in [2.05, 4.69) is 20.4 Å². The minimum absolute atomic E-state index is 0.324. The molecular weight excluding hydrogens is 200 g/mol. The van der Waals surface area contributed by atoms with Gasteiger partial charge >= 0.3 is 5.97 Å². The highest BCUT2D eigenvalue weighted by molar-refractivity contribution is 5.86. The van der Waals surface area contributed by atoms with Gasteiger partial charge in [-0.25, -0.2) is 4.98 Å². The fourth-order valence-corrected chi connectivity index (χ4v) is 1.08. The minimum Gasteiger partial charge on any atom is -0.480 e. The molecule has 0 spiro atoms. The molecule has 1 unspecified atom stereocenters. The Balaban J connectivity index is 2.35. The van der Waals surface area contributed by atoms with Crippen molar-refractivity contribution in [2.75, 3.05) is 5.32 Å². The number of hydrogen-bond donors (Lipinski definition) is 2. The highest BCUT2D eigenvalue weighted by atomic mass is 16.5. The summed E-state index contributed by atoms with van der Waals surface area (Å²) in [4.78, 5) is 18.4. The van der Waals surface area contributed by atoms with Crippen molar-refractivity contribution < 1.29 is 14.4 Å². The summed E-state index contributed by atoms with van der Waals surface area (Å²) >= 11 is 0. The van der Waals surface area contributed by atoms with Gasteiger partial charge in [0, 0.05) is 0 Å². The molecule has 1 atom stereocenters. The van der Waals surface area contributed by atoms with Crippen LogP contribution in [0.25, 0.3) is 11.1 Å². The van der Waals surface area contributed by atoms with Gasteiger partial charge in [-0.2, -0.15) is 4.98 Å². The van der Waals surface area contributed by atoms with Crippen LogP contribution < -0.4 is 5.32 Å². The van der Waals surface area contributed by atoms with Crippen molar-refractivity contribution >= 4 is 22.9 Å². The lowest BCUT2D eigenvalue weighted by atomic mass is 10.3. The van der Waals surface area contributed by atoms with Gasteiger partial charge in [0.2, 0.25) is 0 Å². The lowest BCUT2D eigenvalue weighted by molar-refractivity contribution is -0.137. The molecule has 0 saturated heterocycles. The first-order chi connectivity index (χ1) is 7.18. The molecule has 2 rings (SSSR count). The number of hydrogen-bond acceptors (Lipinski definition) is 6. The van der Waals surface area contributed by atoms with Crippen molar-refractivity contribution in [2.24, 2.45) is 0 Å². The van der Waals surface area contributed by atoms with Crippen molar-refractivity contribution in [3.05, 3.63) is 12.5 Å². The van der Waals surface area contributed by atoms with E-state index in [0.717, 1.165) is 0 Å². The van der Waals surface area contributed by atoms with Gasteiger partial charge < -0.3 is 14.9 Å². The van der Waals surface area contributed by atoms with E-state index < -0.39 is 12.0 Å². The molecule has 2 aromatic heterocycles. The third kappa shape index (κ3) is 1.71. The molecule has 0 aliphatic rings. The van der Waals surface area contributed by atoms with Crippen LogP contribution in [0, 0.1) is 0 Å². The van der Waals surface area contributed by atoms with Gasteiger partial charge in [-0.05, 0) is 6.92 Å². The molecule has 2 heterocycles. The summed E-state index contributed by atoms with van der Waals surface area (Å²) in [5.74, 6) is -0.561. The molecule has 2 N–H and O–H groups in total. The maximum Gasteiger partial charge on any atom is 0.325 e. The number of carbonyl (C=O) groups is 1. The maximum atomic E-state index is 10.6. The molecule has 7 nitrogen and oxygen atoms in total. The number of carboxylic acids is 1. The Morgan fingerprint density at radius 3 is 3.13 bits per heavy atom. The van der Waals surface area contributed by atoms with Crippen LogP contribution in [0.3, 0.4) is 0 Å². The van der Waals surface area contributed by atoms with Crippen LogP contribution in [0.5, 0.6) is 0 Å². The zero-order valence-electron chi connectivity index (χ0n) is 7.84. The van der Waals surface area contributed by atoms with Crippen LogP contribution in [0.2, 0.25) is 0 Å². The molecule has 0 fully saturated rings. The van der Waals surface area contributed by atoms with Crippen molar-refractivity contribution in [3.8, 4) is 0 Å². The van der Waals surface area contributed by atoms with Crippen LogP contribution in [0.4, 0.5) is 5.82 Å². The highest BCUT2D eigenvalue weighted by Crippen LogP contribution is 2.18. The summed E-state index contributed by atoms with van der Waals surface area (Å²) in [6.45, 7) is 1.52. The van der Waals surface area contributed by atoms with E-state index in [-0.39, 0.29) is 0 Å². The number of anilines is 1. The quantitative estimate of drug-likeness (QED) is 0.757.